The minimum atomic E-state index is -0.365. The van der Waals surface area contributed by atoms with Crippen LogP contribution in [-0.4, -0.2) is 24.2 Å². The fourth-order valence-corrected chi connectivity index (χ4v) is 5.11. The van der Waals surface area contributed by atoms with E-state index in [2.05, 4.69) is 5.32 Å². The molecule has 1 aliphatic carbocycles. The Labute approximate surface area is 161 Å². The number of methoxy groups -OCH3 is 1. The van der Waals surface area contributed by atoms with E-state index in [0.29, 0.717) is 16.3 Å². The second-order valence-electron chi connectivity index (χ2n) is 6.28. The van der Waals surface area contributed by atoms with Gasteiger partial charge in [0.25, 0.3) is 0 Å². The van der Waals surface area contributed by atoms with Crippen molar-refractivity contribution in [3.05, 3.63) is 40.2 Å². The number of carbonyl (C=O) groups excluding carboxylic acids is 2. The van der Waals surface area contributed by atoms with Gasteiger partial charge in [-0.1, -0.05) is 6.42 Å². The van der Waals surface area contributed by atoms with Crippen LogP contribution in [0.25, 0.3) is 0 Å². The fourth-order valence-electron chi connectivity index (χ4n) is 3.04. The average molecular weight is 394 g/mol. The highest BCUT2D eigenvalue weighted by Crippen LogP contribution is 2.38. The molecule has 0 spiro atoms. The number of thiophene rings is 1. The lowest BCUT2D eigenvalue weighted by Crippen LogP contribution is -2.23. The summed E-state index contributed by atoms with van der Waals surface area (Å²) in [5.74, 6) is 0.998. The number of carbonyl (C=O) groups is 2. The molecule has 5 nitrogen and oxygen atoms in total. The second kappa shape index (κ2) is 8.77. The summed E-state index contributed by atoms with van der Waals surface area (Å²) in [4.78, 5) is 26.1. The number of fused-ring (bicyclic) bond motifs is 1. The summed E-state index contributed by atoms with van der Waals surface area (Å²) in [5.41, 5.74) is 1.61. The number of hydrogen-bond acceptors (Lipinski definition) is 6. The number of nitrogens with one attached hydrogen (secondary N) is 1. The Kier molecular flexibility index (Phi) is 6.43. The summed E-state index contributed by atoms with van der Waals surface area (Å²) in [6.45, 7) is 1.86. The van der Waals surface area contributed by atoms with E-state index in [0.717, 1.165) is 37.0 Å². The van der Waals surface area contributed by atoms with Crippen LogP contribution in [0.2, 0.25) is 0 Å². The third-order valence-corrected chi connectivity index (χ3v) is 6.84. The van der Waals surface area contributed by atoms with E-state index < -0.39 is 0 Å². The number of furan rings is 1. The molecule has 26 heavy (non-hydrogen) atoms. The van der Waals surface area contributed by atoms with Crippen molar-refractivity contribution in [1.29, 1.82) is 0 Å². The van der Waals surface area contributed by atoms with Gasteiger partial charge < -0.3 is 14.5 Å². The zero-order valence-corrected chi connectivity index (χ0v) is 16.6. The molecule has 0 aliphatic heterocycles. The summed E-state index contributed by atoms with van der Waals surface area (Å²) in [6, 6.07) is 3.73. The van der Waals surface area contributed by atoms with E-state index in [9.17, 15) is 9.59 Å². The van der Waals surface area contributed by atoms with Gasteiger partial charge in [-0.2, -0.15) is 0 Å². The van der Waals surface area contributed by atoms with Gasteiger partial charge in [0.05, 0.1) is 29.9 Å². The molecule has 0 aromatic carbocycles. The third kappa shape index (κ3) is 4.32. The molecule has 1 aliphatic rings. The van der Waals surface area contributed by atoms with E-state index in [1.165, 1.54) is 41.5 Å². The van der Waals surface area contributed by atoms with Crippen LogP contribution in [0.3, 0.4) is 0 Å². The Bertz CT molecular complexity index is 767. The lowest BCUT2D eigenvalue weighted by molar-refractivity contribution is -0.115. The van der Waals surface area contributed by atoms with Gasteiger partial charge >= 0.3 is 5.97 Å². The molecule has 3 rings (SSSR count). The third-order valence-electron chi connectivity index (χ3n) is 4.47. The normalized spacial score (nSPS) is 15.0. The molecule has 0 bridgehead atoms. The highest BCUT2D eigenvalue weighted by atomic mass is 32.2. The van der Waals surface area contributed by atoms with Gasteiger partial charge in [0.1, 0.15) is 10.8 Å². The molecular formula is C19H23NO4S2. The monoisotopic (exact) mass is 393 g/mol. The van der Waals surface area contributed by atoms with E-state index in [1.807, 2.05) is 19.1 Å². The lowest BCUT2D eigenvalue weighted by Gasteiger charge is -2.12. The standard InChI is InChI=1S/C19H23NO4S2/c1-12(25-11-13-7-6-10-24-13)17(21)20-18-16(19(22)23-2)14-8-4-3-5-9-15(14)26-18/h6-7,10,12H,3-5,8-9,11H2,1-2H3,(H,20,21). The van der Waals surface area contributed by atoms with Crippen LogP contribution in [0.1, 0.15) is 52.7 Å². The number of aryl methyl sites for hydroxylation is 1. The van der Waals surface area contributed by atoms with Crippen molar-refractivity contribution in [2.75, 3.05) is 12.4 Å². The quantitative estimate of drug-likeness (QED) is 0.571. The van der Waals surface area contributed by atoms with Gasteiger partial charge in [-0.15, -0.1) is 23.1 Å². The SMILES string of the molecule is COC(=O)c1c(NC(=O)C(C)SCc2ccco2)sc2c1CCCCC2. The topological polar surface area (TPSA) is 68.5 Å². The van der Waals surface area contributed by atoms with Crippen LogP contribution in [-0.2, 0) is 28.1 Å². The minimum Gasteiger partial charge on any atom is -0.468 e. The van der Waals surface area contributed by atoms with Crippen molar-refractivity contribution < 1.29 is 18.7 Å². The Hall–Kier alpha value is -1.73. The highest BCUT2D eigenvalue weighted by molar-refractivity contribution is 7.99. The molecule has 2 aromatic rings. The predicted molar refractivity (Wildman–Crippen MR) is 105 cm³/mol. The van der Waals surface area contributed by atoms with Crippen LogP contribution in [0.5, 0.6) is 0 Å². The Morgan fingerprint density at radius 3 is 2.88 bits per heavy atom. The number of rotatable bonds is 6. The molecule has 0 radical (unpaired) electrons. The first-order valence-corrected chi connectivity index (χ1v) is 10.6. The number of hydrogen-bond donors (Lipinski definition) is 1. The van der Waals surface area contributed by atoms with Gasteiger partial charge in [0.15, 0.2) is 0 Å². The molecule has 1 amide bonds. The fraction of sp³-hybridized carbons (Fsp3) is 0.474. The van der Waals surface area contributed by atoms with Gasteiger partial charge in [-0.3, -0.25) is 4.79 Å². The molecule has 0 saturated carbocycles. The summed E-state index contributed by atoms with van der Waals surface area (Å²) in [6.07, 6.45) is 6.82. The number of amides is 1. The van der Waals surface area contributed by atoms with Crippen LogP contribution < -0.4 is 5.32 Å². The molecule has 2 heterocycles. The molecule has 7 heteroatoms. The first kappa shape index (κ1) is 19.0. The van der Waals surface area contributed by atoms with Crippen LogP contribution >= 0.6 is 23.1 Å². The number of thioether (sulfide) groups is 1. The maximum atomic E-state index is 12.6. The molecular weight excluding hydrogens is 370 g/mol. The van der Waals surface area contributed by atoms with Crippen molar-refractivity contribution in [3.63, 3.8) is 0 Å². The molecule has 1 unspecified atom stereocenters. The van der Waals surface area contributed by atoms with Crippen molar-refractivity contribution >= 4 is 40.0 Å². The summed E-state index contributed by atoms with van der Waals surface area (Å²) in [7, 11) is 1.39. The van der Waals surface area contributed by atoms with Crippen molar-refractivity contribution in [3.8, 4) is 0 Å². The Morgan fingerprint density at radius 2 is 2.15 bits per heavy atom. The molecule has 140 valence electrons. The van der Waals surface area contributed by atoms with Crippen LogP contribution in [0, 0.1) is 0 Å². The maximum absolute atomic E-state index is 12.6. The van der Waals surface area contributed by atoms with E-state index >= 15 is 0 Å². The largest absolute Gasteiger partial charge is 0.468 e. The highest BCUT2D eigenvalue weighted by Gasteiger charge is 2.27. The Balaban J connectivity index is 1.73. The van der Waals surface area contributed by atoms with Crippen molar-refractivity contribution in [2.24, 2.45) is 0 Å². The minimum absolute atomic E-state index is 0.108. The van der Waals surface area contributed by atoms with Gasteiger partial charge in [0.2, 0.25) is 5.91 Å². The number of anilines is 1. The van der Waals surface area contributed by atoms with E-state index in [1.54, 1.807) is 6.26 Å². The van der Waals surface area contributed by atoms with Crippen LogP contribution in [0.4, 0.5) is 5.00 Å². The van der Waals surface area contributed by atoms with Crippen molar-refractivity contribution in [2.45, 2.75) is 50.0 Å². The van der Waals surface area contributed by atoms with Gasteiger partial charge in [0, 0.05) is 4.88 Å². The molecule has 0 fully saturated rings. The molecule has 0 saturated heterocycles. The second-order valence-corrected chi connectivity index (χ2v) is 8.72. The van der Waals surface area contributed by atoms with Gasteiger partial charge in [-0.25, -0.2) is 4.79 Å². The Morgan fingerprint density at radius 1 is 1.35 bits per heavy atom. The van der Waals surface area contributed by atoms with E-state index in [4.69, 9.17) is 9.15 Å². The molecule has 2 aromatic heterocycles. The average Bonchev–Trinajstić information content (AvgIpc) is 3.21. The summed E-state index contributed by atoms with van der Waals surface area (Å²) in [5, 5.41) is 3.33. The predicted octanol–water partition coefficient (Wildman–Crippen LogP) is 4.66. The van der Waals surface area contributed by atoms with Crippen molar-refractivity contribution in [1.82, 2.24) is 0 Å². The lowest BCUT2D eigenvalue weighted by atomic mass is 10.1. The summed E-state index contributed by atoms with van der Waals surface area (Å²) >= 11 is 3.02. The summed E-state index contributed by atoms with van der Waals surface area (Å²) < 4.78 is 10.3. The van der Waals surface area contributed by atoms with Gasteiger partial charge in [-0.05, 0) is 50.3 Å². The molecule has 1 atom stereocenters. The number of esters is 1. The first-order chi connectivity index (χ1) is 12.6. The maximum Gasteiger partial charge on any atom is 0.341 e. The number of ether oxygens (including phenoxy) is 1. The zero-order chi connectivity index (χ0) is 18.5. The zero-order valence-electron chi connectivity index (χ0n) is 15.0. The van der Waals surface area contributed by atoms with Crippen LogP contribution in [0.15, 0.2) is 22.8 Å². The first-order valence-electron chi connectivity index (χ1n) is 8.78. The smallest absolute Gasteiger partial charge is 0.341 e. The van der Waals surface area contributed by atoms with E-state index in [-0.39, 0.29) is 17.1 Å². The molecule has 1 N–H and O–H groups in total.